The van der Waals surface area contributed by atoms with Crippen LogP contribution in [-0.2, 0) is 7.05 Å². The van der Waals surface area contributed by atoms with E-state index in [4.69, 9.17) is 0 Å². The van der Waals surface area contributed by atoms with Crippen LogP contribution < -0.4 is 5.32 Å². The van der Waals surface area contributed by atoms with E-state index in [0.29, 0.717) is 11.5 Å². The second-order valence-corrected chi connectivity index (χ2v) is 8.21. The van der Waals surface area contributed by atoms with Crippen molar-refractivity contribution < 1.29 is 4.79 Å². The highest BCUT2D eigenvalue weighted by molar-refractivity contribution is 6.12. The van der Waals surface area contributed by atoms with Gasteiger partial charge in [0.15, 0.2) is 0 Å². The number of rotatable bonds is 5. The molecule has 0 saturated carbocycles. The maximum atomic E-state index is 13.4. The van der Waals surface area contributed by atoms with Crippen molar-refractivity contribution >= 4 is 11.6 Å². The zero-order valence-corrected chi connectivity index (χ0v) is 18.5. The Balaban J connectivity index is 1.89. The Morgan fingerprint density at radius 1 is 0.806 bits per heavy atom. The van der Waals surface area contributed by atoms with Gasteiger partial charge in [0.2, 0.25) is 0 Å². The Morgan fingerprint density at radius 3 is 1.97 bits per heavy atom. The van der Waals surface area contributed by atoms with Crippen LogP contribution in [0.25, 0.3) is 22.4 Å². The Kier molecular flexibility index (Phi) is 5.77. The van der Waals surface area contributed by atoms with Crippen molar-refractivity contribution in [3.05, 3.63) is 102 Å². The molecule has 3 aromatic carbocycles. The summed E-state index contributed by atoms with van der Waals surface area (Å²) in [6.07, 6.45) is 0. The molecule has 4 rings (SSSR count). The highest BCUT2D eigenvalue weighted by Gasteiger charge is 2.25. The molecule has 0 atom stereocenters. The third-order valence-electron chi connectivity index (χ3n) is 5.86. The number of nitrogens with one attached hydrogen (secondary N) is 1. The molecule has 0 aliphatic carbocycles. The maximum Gasteiger partial charge on any atom is 0.258 e. The van der Waals surface area contributed by atoms with Crippen LogP contribution in [0.15, 0.2) is 84.9 Å². The zero-order valence-electron chi connectivity index (χ0n) is 18.5. The molecule has 4 aromatic rings. The van der Waals surface area contributed by atoms with Crippen LogP contribution in [0.1, 0.15) is 41.4 Å². The van der Waals surface area contributed by atoms with Gasteiger partial charge in [0.05, 0.1) is 11.3 Å². The quantitative estimate of drug-likeness (QED) is 0.377. The first kappa shape index (κ1) is 20.7. The van der Waals surface area contributed by atoms with Gasteiger partial charge in [0, 0.05) is 24.0 Å². The third kappa shape index (κ3) is 4.04. The predicted octanol–water partition coefficient (Wildman–Crippen LogP) is 7.04. The Bertz CT molecular complexity index is 1190. The van der Waals surface area contributed by atoms with E-state index >= 15 is 0 Å². The summed E-state index contributed by atoms with van der Waals surface area (Å²) in [5, 5.41) is 3.07. The zero-order chi connectivity index (χ0) is 22.0. The maximum absolute atomic E-state index is 13.4. The number of nitrogens with zero attached hydrogens (tertiary/aromatic N) is 1. The largest absolute Gasteiger partial charge is 0.347 e. The Hall–Kier alpha value is -3.59. The van der Waals surface area contributed by atoms with E-state index in [9.17, 15) is 4.79 Å². The Labute approximate surface area is 184 Å². The fourth-order valence-electron chi connectivity index (χ4n) is 4.05. The molecule has 1 heterocycles. The molecule has 0 fully saturated rings. The minimum atomic E-state index is -0.0943. The normalized spacial score (nSPS) is 11.0. The first-order valence-electron chi connectivity index (χ1n) is 10.7. The highest BCUT2D eigenvalue weighted by atomic mass is 16.1. The summed E-state index contributed by atoms with van der Waals surface area (Å²) in [7, 11) is 2.03. The first-order valence-corrected chi connectivity index (χ1v) is 10.7. The monoisotopic (exact) mass is 408 g/mol. The fourth-order valence-corrected chi connectivity index (χ4v) is 4.05. The summed E-state index contributed by atoms with van der Waals surface area (Å²) < 4.78 is 2.13. The van der Waals surface area contributed by atoms with E-state index in [1.165, 1.54) is 5.56 Å². The lowest BCUT2D eigenvalue weighted by Crippen LogP contribution is -2.13. The predicted molar refractivity (Wildman–Crippen MR) is 130 cm³/mol. The van der Waals surface area contributed by atoms with E-state index in [-0.39, 0.29) is 5.91 Å². The minimum absolute atomic E-state index is 0.0943. The summed E-state index contributed by atoms with van der Waals surface area (Å²) in [5.41, 5.74) is 7.90. The van der Waals surface area contributed by atoms with Crippen LogP contribution in [0.3, 0.4) is 0 Å². The van der Waals surface area contributed by atoms with Crippen LogP contribution in [-0.4, -0.2) is 10.5 Å². The number of para-hydroxylation sites is 1. The van der Waals surface area contributed by atoms with Crippen molar-refractivity contribution in [3.8, 4) is 22.4 Å². The summed E-state index contributed by atoms with van der Waals surface area (Å²) in [5.74, 6) is 0.383. The van der Waals surface area contributed by atoms with Crippen LogP contribution in [0.4, 0.5) is 5.69 Å². The van der Waals surface area contributed by atoms with Gasteiger partial charge in [-0.2, -0.15) is 0 Å². The lowest BCUT2D eigenvalue weighted by Gasteiger charge is -2.12. The van der Waals surface area contributed by atoms with E-state index in [2.05, 4.69) is 60.1 Å². The molecular weight excluding hydrogens is 380 g/mol. The minimum Gasteiger partial charge on any atom is -0.347 e. The number of benzene rings is 3. The van der Waals surface area contributed by atoms with E-state index in [0.717, 1.165) is 33.8 Å². The molecule has 0 bridgehead atoms. The number of carbonyl (C=O) groups excluding carboxylic acids is 1. The molecule has 0 aliphatic heterocycles. The third-order valence-corrected chi connectivity index (χ3v) is 5.86. The summed E-state index contributed by atoms with van der Waals surface area (Å²) in [6, 6.07) is 28.5. The van der Waals surface area contributed by atoms with Crippen LogP contribution >= 0.6 is 0 Å². The molecule has 156 valence electrons. The fraction of sp³-hybridized carbons (Fsp3) is 0.179. The molecule has 0 saturated heterocycles. The van der Waals surface area contributed by atoms with Crippen LogP contribution in [0.5, 0.6) is 0 Å². The topological polar surface area (TPSA) is 34.0 Å². The van der Waals surface area contributed by atoms with Crippen molar-refractivity contribution in [1.29, 1.82) is 0 Å². The van der Waals surface area contributed by atoms with Gasteiger partial charge >= 0.3 is 0 Å². The van der Waals surface area contributed by atoms with Crippen molar-refractivity contribution in [2.24, 2.45) is 7.05 Å². The van der Waals surface area contributed by atoms with E-state index in [1.54, 1.807) is 0 Å². The summed E-state index contributed by atoms with van der Waals surface area (Å²) in [6.45, 7) is 6.41. The number of hydrogen-bond acceptors (Lipinski definition) is 1. The van der Waals surface area contributed by atoms with Gasteiger partial charge in [-0.25, -0.2) is 0 Å². The SMILES string of the molecule is Cc1c(C(=O)Nc2ccccc2)c(-c2ccccc2)c(-c2ccc(C(C)C)cc2)n1C. The molecule has 0 unspecified atom stereocenters. The average molecular weight is 409 g/mol. The van der Waals surface area contributed by atoms with E-state index < -0.39 is 0 Å². The number of carbonyl (C=O) groups is 1. The lowest BCUT2D eigenvalue weighted by molar-refractivity contribution is 0.102. The van der Waals surface area contributed by atoms with Gasteiger partial charge in [-0.3, -0.25) is 4.79 Å². The molecule has 1 aromatic heterocycles. The van der Waals surface area contributed by atoms with Gasteiger partial charge in [-0.1, -0.05) is 86.6 Å². The molecule has 3 nitrogen and oxygen atoms in total. The summed E-state index contributed by atoms with van der Waals surface area (Å²) >= 11 is 0. The van der Waals surface area contributed by atoms with Crippen LogP contribution in [0.2, 0.25) is 0 Å². The smallest absolute Gasteiger partial charge is 0.258 e. The van der Waals surface area contributed by atoms with Crippen molar-refractivity contribution in [2.75, 3.05) is 5.32 Å². The standard InChI is InChI=1S/C28H28N2O/c1-19(2)21-15-17-23(18-16-21)27-26(22-11-7-5-8-12-22)25(20(3)30(27)4)28(31)29-24-13-9-6-10-14-24/h5-19H,1-4H3,(H,29,31). The van der Waals surface area contributed by atoms with Gasteiger partial charge in [0.1, 0.15) is 0 Å². The van der Waals surface area contributed by atoms with Gasteiger partial charge in [-0.15, -0.1) is 0 Å². The molecule has 1 N–H and O–H groups in total. The average Bonchev–Trinajstić information content (AvgIpc) is 3.06. The molecular formula is C28H28N2O. The molecule has 1 amide bonds. The van der Waals surface area contributed by atoms with E-state index in [1.807, 2.05) is 62.5 Å². The lowest BCUT2D eigenvalue weighted by atomic mass is 9.95. The number of amides is 1. The van der Waals surface area contributed by atoms with Crippen LogP contribution in [0, 0.1) is 6.92 Å². The second kappa shape index (κ2) is 8.65. The molecule has 0 aliphatic rings. The second-order valence-electron chi connectivity index (χ2n) is 8.21. The number of anilines is 1. The van der Waals surface area contributed by atoms with Gasteiger partial charge in [0.25, 0.3) is 5.91 Å². The van der Waals surface area contributed by atoms with Gasteiger partial charge in [-0.05, 0) is 41.7 Å². The summed E-state index contributed by atoms with van der Waals surface area (Å²) in [4.78, 5) is 13.4. The highest BCUT2D eigenvalue weighted by Crippen LogP contribution is 2.39. The first-order chi connectivity index (χ1) is 15.0. The number of aromatic nitrogens is 1. The molecule has 3 heteroatoms. The molecule has 0 radical (unpaired) electrons. The van der Waals surface area contributed by atoms with Crippen molar-refractivity contribution in [2.45, 2.75) is 26.7 Å². The number of hydrogen-bond donors (Lipinski definition) is 1. The molecule has 31 heavy (non-hydrogen) atoms. The van der Waals surface area contributed by atoms with Crippen molar-refractivity contribution in [3.63, 3.8) is 0 Å². The van der Waals surface area contributed by atoms with Crippen molar-refractivity contribution in [1.82, 2.24) is 4.57 Å². The van der Waals surface area contributed by atoms with Gasteiger partial charge < -0.3 is 9.88 Å². The molecule has 0 spiro atoms. The Morgan fingerprint density at radius 2 is 1.39 bits per heavy atom.